The average Bonchev–Trinajstić information content (AvgIpc) is 2.97. The number of aliphatic imine (C=N–C) groups is 1. The molecule has 0 saturated carbocycles. The van der Waals surface area contributed by atoms with Crippen LogP contribution in [0.4, 0.5) is 11.4 Å². The standard InChI is InChI=1S/C19H24N3OPS2/c1-15-14-22(24(4,25)23-18-8-6-5-7-9-18)19(26-15)20-16-10-12-17(13-11-16)21(2)3/h5-13,15H,14H2,1-4H3. The number of hydrogen-bond donors (Lipinski definition) is 0. The first-order valence-corrected chi connectivity index (χ1v) is 12.5. The lowest BCUT2D eigenvalue weighted by atomic mass is 10.3. The van der Waals surface area contributed by atoms with Crippen LogP contribution < -0.4 is 9.42 Å². The molecule has 26 heavy (non-hydrogen) atoms. The van der Waals surface area contributed by atoms with Gasteiger partial charge in [-0.15, -0.1) is 0 Å². The summed E-state index contributed by atoms with van der Waals surface area (Å²) in [6, 6.07) is 18.1. The summed E-state index contributed by atoms with van der Waals surface area (Å²) in [6.45, 7) is 5.09. The second-order valence-corrected chi connectivity index (χ2v) is 12.2. The van der Waals surface area contributed by atoms with Gasteiger partial charge in [-0.2, -0.15) is 0 Å². The van der Waals surface area contributed by atoms with Crippen LogP contribution in [-0.4, -0.2) is 42.4 Å². The predicted molar refractivity (Wildman–Crippen MR) is 119 cm³/mol. The minimum absolute atomic E-state index is 0.441. The molecule has 1 aliphatic heterocycles. The van der Waals surface area contributed by atoms with Crippen LogP contribution in [0.2, 0.25) is 0 Å². The molecule has 0 aromatic heterocycles. The van der Waals surface area contributed by atoms with Gasteiger partial charge in [0, 0.05) is 38.2 Å². The van der Waals surface area contributed by atoms with E-state index in [0.29, 0.717) is 5.25 Å². The molecule has 1 saturated heterocycles. The van der Waals surface area contributed by atoms with Gasteiger partial charge in [0.15, 0.2) is 5.17 Å². The van der Waals surface area contributed by atoms with Crippen molar-refractivity contribution in [2.75, 3.05) is 32.2 Å². The number of thioether (sulfide) groups is 1. The maximum Gasteiger partial charge on any atom is 0.203 e. The van der Waals surface area contributed by atoms with E-state index in [1.54, 1.807) is 11.8 Å². The first-order valence-electron chi connectivity index (χ1n) is 8.48. The SMILES string of the molecule is CC1CN(P(C)(=S)Oc2ccccc2)C(=Nc2ccc(N(C)C)cc2)S1. The molecule has 0 N–H and O–H groups in total. The monoisotopic (exact) mass is 405 g/mol. The predicted octanol–water partition coefficient (Wildman–Crippen LogP) is 5.20. The van der Waals surface area contributed by atoms with Crippen molar-refractivity contribution in [2.45, 2.75) is 12.2 Å². The number of rotatable bonds is 5. The number of nitrogens with zero attached hydrogens (tertiary/aromatic N) is 3. The molecule has 138 valence electrons. The fraction of sp³-hybridized carbons (Fsp3) is 0.316. The highest BCUT2D eigenvalue weighted by atomic mass is 32.4. The van der Waals surface area contributed by atoms with Crippen molar-refractivity contribution in [1.29, 1.82) is 0 Å². The summed E-state index contributed by atoms with van der Waals surface area (Å²) in [5.41, 5.74) is 2.10. The summed E-state index contributed by atoms with van der Waals surface area (Å²) < 4.78 is 8.39. The molecular formula is C19H24N3OPS2. The third-order valence-electron chi connectivity index (χ3n) is 4.00. The lowest BCUT2D eigenvalue weighted by Gasteiger charge is -2.29. The normalized spacial score (nSPS) is 20.8. The van der Waals surface area contributed by atoms with Crippen LogP contribution in [0.5, 0.6) is 5.75 Å². The van der Waals surface area contributed by atoms with Crippen LogP contribution in [0, 0.1) is 0 Å². The van der Waals surface area contributed by atoms with E-state index in [9.17, 15) is 0 Å². The van der Waals surface area contributed by atoms with Gasteiger partial charge in [0.2, 0.25) is 6.42 Å². The first kappa shape index (κ1) is 19.3. The second-order valence-electron chi connectivity index (χ2n) is 6.52. The maximum absolute atomic E-state index is 6.20. The Labute approximate surface area is 165 Å². The van der Waals surface area contributed by atoms with Crippen LogP contribution in [-0.2, 0) is 11.8 Å². The lowest BCUT2D eigenvalue weighted by Crippen LogP contribution is -2.24. The molecule has 1 heterocycles. The lowest BCUT2D eigenvalue weighted by molar-refractivity contribution is 0.542. The Kier molecular flexibility index (Phi) is 5.96. The van der Waals surface area contributed by atoms with Crippen LogP contribution in [0.25, 0.3) is 0 Å². The van der Waals surface area contributed by atoms with E-state index in [1.807, 2.05) is 63.2 Å². The first-order chi connectivity index (χ1) is 12.3. The Morgan fingerprint density at radius 2 is 1.81 bits per heavy atom. The van der Waals surface area contributed by atoms with Gasteiger partial charge in [-0.1, -0.05) is 36.9 Å². The smallest absolute Gasteiger partial charge is 0.203 e. The molecule has 2 aromatic rings. The molecule has 0 aliphatic carbocycles. The fourth-order valence-corrected chi connectivity index (χ4v) is 6.66. The van der Waals surface area contributed by atoms with Gasteiger partial charge in [0.25, 0.3) is 0 Å². The summed E-state index contributed by atoms with van der Waals surface area (Å²) in [7, 11) is 4.07. The van der Waals surface area contributed by atoms with Crippen LogP contribution in [0.15, 0.2) is 59.6 Å². The molecule has 2 aromatic carbocycles. The zero-order chi connectivity index (χ0) is 18.7. The van der Waals surface area contributed by atoms with Crippen molar-refractivity contribution in [2.24, 2.45) is 4.99 Å². The molecule has 1 fully saturated rings. The van der Waals surface area contributed by atoms with Crippen LogP contribution in [0.3, 0.4) is 0 Å². The minimum Gasteiger partial charge on any atom is -0.449 e. The molecule has 0 amide bonds. The van der Waals surface area contributed by atoms with Crippen molar-refractivity contribution in [3.05, 3.63) is 54.6 Å². The van der Waals surface area contributed by atoms with Gasteiger partial charge >= 0.3 is 0 Å². The molecule has 3 rings (SSSR count). The molecule has 0 radical (unpaired) electrons. The second kappa shape index (κ2) is 8.03. The quantitative estimate of drug-likeness (QED) is 0.638. The number of para-hydroxylation sites is 1. The molecule has 7 heteroatoms. The third kappa shape index (κ3) is 4.61. The zero-order valence-corrected chi connectivity index (χ0v) is 18.0. The van der Waals surface area contributed by atoms with Gasteiger partial charge < -0.3 is 9.42 Å². The number of hydrogen-bond acceptors (Lipinski definition) is 5. The average molecular weight is 406 g/mol. The molecule has 0 spiro atoms. The molecular weight excluding hydrogens is 381 g/mol. The van der Waals surface area contributed by atoms with E-state index in [1.165, 1.54) is 0 Å². The summed E-state index contributed by atoms with van der Waals surface area (Å²) in [6.07, 6.45) is -2.21. The maximum atomic E-state index is 6.20. The van der Waals surface area contributed by atoms with Gasteiger partial charge in [-0.25, -0.2) is 4.99 Å². The topological polar surface area (TPSA) is 28.1 Å². The van der Waals surface area contributed by atoms with E-state index in [4.69, 9.17) is 21.3 Å². The van der Waals surface area contributed by atoms with E-state index < -0.39 is 6.42 Å². The number of anilines is 1. The third-order valence-corrected chi connectivity index (χ3v) is 7.81. The highest BCUT2D eigenvalue weighted by molar-refractivity contribution is 8.17. The Morgan fingerprint density at radius 3 is 2.42 bits per heavy atom. The highest BCUT2D eigenvalue weighted by Gasteiger charge is 2.35. The van der Waals surface area contributed by atoms with Crippen LogP contribution in [0.1, 0.15) is 6.92 Å². The van der Waals surface area contributed by atoms with Crippen molar-refractivity contribution in [1.82, 2.24) is 4.67 Å². The molecule has 2 unspecified atom stereocenters. The Balaban J connectivity index is 1.84. The molecule has 1 aliphatic rings. The number of benzene rings is 2. The minimum atomic E-state index is -2.21. The van der Waals surface area contributed by atoms with E-state index >= 15 is 0 Å². The van der Waals surface area contributed by atoms with Crippen molar-refractivity contribution >= 4 is 46.5 Å². The van der Waals surface area contributed by atoms with Gasteiger partial charge in [-0.05, 0) is 48.2 Å². The molecule has 0 bridgehead atoms. The van der Waals surface area contributed by atoms with Gasteiger partial charge in [-0.3, -0.25) is 4.67 Å². The van der Waals surface area contributed by atoms with Gasteiger partial charge in [0.05, 0.1) is 5.69 Å². The van der Waals surface area contributed by atoms with Crippen molar-refractivity contribution in [3.8, 4) is 5.75 Å². The van der Waals surface area contributed by atoms with Crippen LogP contribution >= 0.6 is 18.2 Å². The van der Waals surface area contributed by atoms with E-state index in [-0.39, 0.29) is 0 Å². The van der Waals surface area contributed by atoms with E-state index in [0.717, 1.165) is 28.8 Å². The molecule has 4 nitrogen and oxygen atoms in total. The highest BCUT2D eigenvalue weighted by Crippen LogP contribution is 2.52. The summed E-state index contributed by atoms with van der Waals surface area (Å²) >= 11 is 7.66. The largest absolute Gasteiger partial charge is 0.449 e. The van der Waals surface area contributed by atoms with E-state index in [2.05, 4.69) is 28.6 Å². The number of amidine groups is 1. The zero-order valence-electron chi connectivity index (χ0n) is 15.5. The fourth-order valence-electron chi connectivity index (χ4n) is 2.65. The summed E-state index contributed by atoms with van der Waals surface area (Å²) in [5.74, 6) is 0.817. The Morgan fingerprint density at radius 1 is 1.15 bits per heavy atom. The van der Waals surface area contributed by atoms with Crippen molar-refractivity contribution < 1.29 is 4.52 Å². The Bertz CT molecular complexity index is 824. The molecule has 2 atom stereocenters. The van der Waals surface area contributed by atoms with Gasteiger partial charge in [0.1, 0.15) is 5.75 Å². The van der Waals surface area contributed by atoms with Crippen molar-refractivity contribution in [3.63, 3.8) is 0 Å². The summed E-state index contributed by atoms with van der Waals surface area (Å²) in [5, 5.41) is 1.40. The Hall–Kier alpha value is -1.49. The summed E-state index contributed by atoms with van der Waals surface area (Å²) in [4.78, 5) is 6.94.